The number of thiazole rings is 1. The van der Waals surface area contributed by atoms with Gasteiger partial charge in [0, 0.05) is 23.5 Å². The number of nitrogens with zero attached hydrogens (tertiary/aromatic N) is 1. The van der Waals surface area contributed by atoms with Gasteiger partial charge in [0.2, 0.25) is 0 Å². The van der Waals surface area contributed by atoms with Gasteiger partial charge in [0.05, 0.1) is 17.1 Å². The fourth-order valence-electron chi connectivity index (χ4n) is 1.23. The molecule has 0 aliphatic heterocycles. The highest BCUT2D eigenvalue weighted by atomic mass is 35.5. The summed E-state index contributed by atoms with van der Waals surface area (Å²) in [4.78, 5) is 28.9. The molecule has 0 unspecified atom stereocenters. The molecule has 2 heterocycles. The van der Waals surface area contributed by atoms with E-state index in [1.165, 1.54) is 18.5 Å². The van der Waals surface area contributed by atoms with Gasteiger partial charge in [-0.25, -0.2) is 0 Å². The number of aromatic nitrogens is 2. The maximum absolute atomic E-state index is 11.7. The number of halogens is 1. The van der Waals surface area contributed by atoms with Crippen molar-refractivity contribution >= 4 is 28.8 Å². The lowest BCUT2D eigenvalue weighted by Crippen LogP contribution is -2.23. The summed E-state index contributed by atoms with van der Waals surface area (Å²) in [7, 11) is 0. The normalized spacial score (nSPS) is 10.2. The summed E-state index contributed by atoms with van der Waals surface area (Å²) in [6, 6.07) is 1.54. The molecular weight excluding hydrogens is 262 g/mol. The van der Waals surface area contributed by atoms with Crippen molar-refractivity contribution in [1.82, 2.24) is 15.3 Å². The molecule has 0 saturated carbocycles. The number of H-pyrrole nitrogens is 1. The lowest BCUT2D eigenvalue weighted by atomic mass is 10.2. The Morgan fingerprint density at radius 2 is 2.41 bits per heavy atom. The van der Waals surface area contributed by atoms with Crippen molar-refractivity contribution in [2.45, 2.75) is 6.54 Å². The van der Waals surface area contributed by atoms with Gasteiger partial charge >= 0.3 is 4.87 Å². The Labute approximate surface area is 105 Å². The molecule has 0 aliphatic rings. The van der Waals surface area contributed by atoms with E-state index in [1.54, 1.807) is 5.38 Å². The quantitative estimate of drug-likeness (QED) is 0.885. The molecule has 5 nitrogen and oxygen atoms in total. The molecule has 0 bridgehead atoms. The van der Waals surface area contributed by atoms with Gasteiger partial charge in [0.15, 0.2) is 0 Å². The van der Waals surface area contributed by atoms with Gasteiger partial charge in [-0.05, 0) is 6.07 Å². The number of rotatable bonds is 3. The van der Waals surface area contributed by atoms with Crippen LogP contribution in [0, 0.1) is 0 Å². The predicted octanol–water partition coefficient (Wildman–Crippen LogP) is 1.41. The van der Waals surface area contributed by atoms with E-state index in [0.29, 0.717) is 16.3 Å². The summed E-state index contributed by atoms with van der Waals surface area (Å²) in [5, 5.41) is 4.61. The molecule has 0 atom stereocenters. The van der Waals surface area contributed by atoms with E-state index in [-0.39, 0.29) is 17.3 Å². The van der Waals surface area contributed by atoms with Crippen LogP contribution in [-0.2, 0) is 6.54 Å². The summed E-state index contributed by atoms with van der Waals surface area (Å²) >= 11 is 6.88. The third-order valence-corrected chi connectivity index (χ3v) is 3.05. The van der Waals surface area contributed by atoms with Crippen LogP contribution in [0.5, 0.6) is 0 Å². The van der Waals surface area contributed by atoms with Crippen LogP contribution in [0.3, 0.4) is 0 Å². The second-order valence-electron chi connectivity index (χ2n) is 3.21. The maximum atomic E-state index is 11.7. The maximum Gasteiger partial charge on any atom is 0.304 e. The molecule has 0 aromatic carbocycles. The summed E-state index contributed by atoms with van der Waals surface area (Å²) in [6.07, 6.45) is 2.90. The standard InChI is InChI=1S/C10H8ClN3O2S/c11-8-4-12-2-1-7(8)9(15)13-3-6-5-17-10(16)14-6/h1-2,4-5H,3H2,(H,13,15)(H,14,16). The Balaban J connectivity index is 2.03. The van der Waals surface area contributed by atoms with Crippen molar-refractivity contribution in [3.05, 3.63) is 49.8 Å². The molecule has 2 rings (SSSR count). The zero-order chi connectivity index (χ0) is 12.3. The topological polar surface area (TPSA) is 74.8 Å². The Morgan fingerprint density at radius 1 is 1.59 bits per heavy atom. The first-order chi connectivity index (χ1) is 8.16. The zero-order valence-corrected chi connectivity index (χ0v) is 10.1. The van der Waals surface area contributed by atoms with Crippen LogP contribution in [0.2, 0.25) is 5.02 Å². The van der Waals surface area contributed by atoms with Crippen LogP contribution in [0.15, 0.2) is 28.6 Å². The Morgan fingerprint density at radius 3 is 3.06 bits per heavy atom. The second kappa shape index (κ2) is 5.11. The first kappa shape index (κ1) is 11.8. The number of carbonyl (C=O) groups excluding carboxylic acids is 1. The minimum atomic E-state index is -0.301. The fourth-order valence-corrected chi connectivity index (χ4v) is 2.02. The average Bonchev–Trinajstić information content (AvgIpc) is 2.73. The molecule has 0 radical (unpaired) electrons. The third kappa shape index (κ3) is 2.92. The van der Waals surface area contributed by atoms with E-state index in [0.717, 1.165) is 11.3 Å². The fraction of sp³-hybridized carbons (Fsp3) is 0.100. The van der Waals surface area contributed by atoms with Gasteiger partial charge < -0.3 is 10.3 Å². The molecule has 88 valence electrons. The van der Waals surface area contributed by atoms with Crippen LogP contribution in [0.4, 0.5) is 0 Å². The van der Waals surface area contributed by atoms with E-state index >= 15 is 0 Å². The van der Waals surface area contributed by atoms with Crippen LogP contribution in [0.25, 0.3) is 0 Å². The SMILES string of the molecule is O=C(NCc1csc(=O)[nH]1)c1ccncc1Cl. The minimum absolute atomic E-state index is 0.142. The van der Waals surface area contributed by atoms with Gasteiger partial charge in [-0.15, -0.1) is 0 Å². The Bertz CT molecular complexity index is 593. The van der Waals surface area contributed by atoms with Crippen LogP contribution >= 0.6 is 22.9 Å². The molecule has 1 amide bonds. The van der Waals surface area contributed by atoms with E-state index in [9.17, 15) is 9.59 Å². The van der Waals surface area contributed by atoms with Gasteiger partial charge in [0.1, 0.15) is 0 Å². The van der Waals surface area contributed by atoms with Crippen LogP contribution < -0.4 is 10.2 Å². The Kier molecular flexibility index (Phi) is 3.55. The molecule has 17 heavy (non-hydrogen) atoms. The van der Waals surface area contributed by atoms with Crippen molar-refractivity contribution in [3.63, 3.8) is 0 Å². The number of nitrogens with one attached hydrogen (secondary N) is 2. The summed E-state index contributed by atoms with van der Waals surface area (Å²) < 4.78 is 0. The molecule has 0 aliphatic carbocycles. The number of amides is 1. The predicted molar refractivity (Wildman–Crippen MR) is 65.4 cm³/mol. The monoisotopic (exact) mass is 269 g/mol. The smallest absolute Gasteiger partial charge is 0.304 e. The van der Waals surface area contributed by atoms with E-state index in [2.05, 4.69) is 15.3 Å². The van der Waals surface area contributed by atoms with Crippen molar-refractivity contribution in [2.75, 3.05) is 0 Å². The third-order valence-electron chi connectivity index (χ3n) is 2.03. The first-order valence-electron chi connectivity index (χ1n) is 4.71. The molecule has 2 N–H and O–H groups in total. The van der Waals surface area contributed by atoms with Crippen molar-refractivity contribution in [3.8, 4) is 0 Å². The van der Waals surface area contributed by atoms with Crippen LogP contribution in [-0.4, -0.2) is 15.9 Å². The highest BCUT2D eigenvalue weighted by molar-refractivity contribution is 7.07. The molecule has 2 aromatic rings. The highest BCUT2D eigenvalue weighted by Gasteiger charge is 2.09. The van der Waals surface area contributed by atoms with E-state index < -0.39 is 0 Å². The lowest BCUT2D eigenvalue weighted by Gasteiger charge is -2.04. The van der Waals surface area contributed by atoms with Gasteiger partial charge in [0.25, 0.3) is 5.91 Å². The van der Waals surface area contributed by atoms with E-state index in [4.69, 9.17) is 11.6 Å². The zero-order valence-electron chi connectivity index (χ0n) is 8.57. The van der Waals surface area contributed by atoms with Crippen molar-refractivity contribution in [1.29, 1.82) is 0 Å². The molecule has 7 heteroatoms. The number of pyridine rings is 1. The first-order valence-corrected chi connectivity index (χ1v) is 5.97. The second-order valence-corrected chi connectivity index (χ2v) is 4.46. The number of hydrogen-bond acceptors (Lipinski definition) is 4. The molecule has 0 saturated heterocycles. The number of carbonyl (C=O) groups is 1. The summed E-state index contributed by atoms with van der Waals surface area (Å²) in [6.45, 7) is 0.260. The van der Waals surface area contributed by atoms with E-state index in [1.807, 2.05) is 0 Å². The van der Waals surface area contributed by atoms with Crippen molar-refractivity contribution < 1.29 is 4.79 Å². The summed E-state index contributed by atoms with van der Waals surface area (Å²) in [5.41, 5.74) is 1.03. The minimum Gasteiger partial charge on any atom is -0.346 e. The number of hydrogen-bond donors (Lipinski definition) is 2. The molecular formula is C10H8ClN3O2S. The van der Waals surface area contributed by atoms with Crippen LogP contribution in [0.1, 0.15) is 16.1 Å². The number of aromatic amines is 1. The van der Waals surface area contributed by atoms with Gasteiger partial charge in [-0.3, -0.25) is 14.6 Å². The van der Waals surface area contributed by atoms with Gasteiger partial charge in [-0.1, -0.05) is 22.9 Å². The lowest BCUT2D eigenvalue weighted by molar-refractivity contribution is 0.0950. The molecule has 0 spiro atoms. The largest absolute Gasteiger partial charge is 0.346 e. The Hall–Kier alpha value is -1.66. The summed E-state index contributed by atoms with van der Waals surface area (Å²) in [5.74, 6) is -0.301. The van der Waals surface area contributed by atoms with Crippen molar-refractivity contribution in [2.24, 2.45) is 0 Å². The molecule has 0 fully saturated rings. The van der Waals surface area contributed by atoms with Gasteiger partial charge in [-0.2, -0.15) is 0 Å². The highest BCUT2D eigenvalue weighted by Crippen LogP contribution is 2.12. The average molecular weight is 270 g/mol. The molecule has 2 aromatic heterocycles.